The highest BCUT2D eigenvalue weighted by Gasteiger charge is 2.17. The Morgan fingerprint density at radius 3 is 2.47 bits per heavy atom. The molecule has 0 saturated carbocycles. The van der Waals surface area contributed by atoms with Gasteiger partial charge in [-0.05, 0) is 52.9 Å². The molecule has 3 rings (SSSR count). The number of rotatable bonds is 11. The zero-order valence-electron chi connectivity index (χ0n) is 19.7. The molecule has 0 aliphatic rings. The highest BCUT2D eigenvalue weighted by atomic mass is 16.6. The van der Waals surface area contributed by atoms with Gasteiger partial charge in [0.1, 0.15) is 24.5 Å². The molecule has 3 aromatic carbocycles. The van der Waals surface area contributed by atoms with Crippen molar-refractivity contribution in [1.29, 1.82) is 0 Å². The topological polar surface area (TPSA) is 66.4 Å². The molecule has 0 spiro atoms. The minimum absolute atomic E-state index is 0.283. The molecule has 34 heavy (non-hydrogen) atoms. The number of ether oxygens (including phenoxy) is 3. The summed E-state index contributed by atoms with van der Waals surface area (Å²) in [5.41, 5.74) is 4.97. The van der Waals surface area contributed by atoms with Crippen LogP contribution in [0.5, 0.6) is 5.75 Å². The van der Waals surface area contributed by atoms with E-state index in [0.717, 1.165) is 28.9 Å². The number of hydrogen-bond acceptors (Lipinski definition) is 6. The first-order valence-corrected chi connectivity index (χ1v) is 10.9. The zero-order valence-corrected chi connectivity index (χ0v) is 19.7. The van der Waals surface area contributed by atoms with Crippen LogP contribution in [0, 0.1) is 6.92 Å². The van der Waals surface area contributed by atoms with Crippen LogP contribution in [-0.4, -0.2) is 33.0 Å². The fourth-order valence-electron chi connectivity index (χ4n) is 3.39. The number of esters is 1. The molecule has 0 heterocycles. The molecule has 176 valence electrons. The second-order valence-electron chi connectivity index (χ2n) is 7.53. The van der Waals surface area contributed by atoms with Crippen molar-refractivity contribution >= 4 is 17.8 Å². The summed E-state index contributed by atoms with van der Waals surface area (Å²) in [6, 6.07) is 23.4. The first-order chi connectivity index (χ1) is 16.6. The second kappa shape index (κ2) is 12.8. The number of hydrogen-bond donors (Lipinski definition) is 0. The van der Waals surface area contributed by atoms with Gasteiger partial charge in [-0.15, -0.1) is 0 Å². The molecule has 0 aromatic heterocycles. The lowest BCUT2D eigenvalue weighted by Gasteiger charge is -2.14. The number of carbonyl (C=O) groups is 1. The van der Waals surface area contributed by atoms with E-state index in [1.807, 2.05) is 67.6 Å². The minimum Gasteiger partial charge on any atom is -0.503 e. The highest BCUT2D eigenvalue weighted by Crippen LogP contribution is 2.24. The van der Waals surface area contributed by atoms with Crippen molar-refractivity contribution in [2.24, 2.45) is 5.16 Å². The van der Waals surface area contributed by atoms with E-state index in [4.69, 9.17) is 19.0 Å². The Morgan fingerprint density at radius 2 is 1.74 bits per heavy atom. The molecule has 0 unspecified atom stereocenters. The van der Waals surface area contributed by atoms with E-state index in [1.54, 1.807) is 6.21 Å². The Balaban J connectivity index is 1.60. The maximum atomic E-state index is 12.2. The van der Waals surface area contributed by atoms with Gasteiger partial charge in [0.25, 0.3) is 0 Å². The van der Waals surface area contributed by atoms with Crippen LogP contribution in [0.3, 0.4) is 0 Å². The Labute approximate surface area is 200 Å². The largest absolute Gasteiger partial charge is 0.503 e. The number of benzene rings is 3. The second-order valence-corrected chi connectivity index (χ2v) is 7.53. The van der Waals surface area contributed by atoms with Crippen molar-refractivity contribution < 1.29 is 23.8 Å². The number of aryl methyl sites for hydroxylation is 1. The molecule has 0 bridgehead atoms. The number of carbonyl (C=O) groups excluding carboxylic acids is 1. The maximum Gasteiger partial charge on any atom is 0.341 e. The monoisotopic (exact) mass is 459 g/mol. The molecule has 0 aliphatic carbocycles. The minimum atomic E-state index is -0.472. The summed E-state index contributed by atoms with van der Waals surface area (Å²) in [5.74, 6) is 0.271. The summed E-state index contributed by atoms with van der Waals surface area (Å²) < 4.78 is 16.0. The van der Waals surface area contributed by atoms with Gasteiger partial charge in [-0.1, -0.05) is 59.8 Å². The zero-order chi connectivity index (χ0) is 24.2. The smallest absolute Gasteiger partial charge is 0.341 e. The van der Waals surface area contributed by atoms with Crippen LogP contribution < -0.4 is 4.74 Å². The van der Waals surface area contributed by atoms with Crippen molar-refractivity contribution in [3.05, 3.63) is 107 Å². The van der Waals surface area contributed by atoms with Gasteiger partial charge in [-0.25, -0.2) is 4.79 Å². The number of nitrogens with zero attached hydrogens (tertiary/aromatic N) is 1. The fraction of sp³-hybridized carbons (Fsp3) is 0.214. The summed E-state index contributed by atoms with van der Waals surface area (Å²) in [5, 5.41) is 4.07. The van der Waals surface area contributed by atoms with Crippen LogP contribution in [0.4, 0.5) is 0 Å². The molecule has 0 aliphatic heterocycles. The van der Waals surface area contributed by atoms with Crippen LogP contribution in [-0.2, 0) is 32.1 Å². The summed E-state index contributed by atoms with van der Waals surface area (Å²) >= 11 is 0. The third-order valence-corrected chi connectivity index (χ3v) is 5.13. The third kappa shape index (κ3) is 6.97. The lowest BCUT2D eigenvalue weighted by atomic mass is 10.0. The van der Waals surface area contributed by atoms with Gasteiger partial charge >= 0.3 is 5.97 Å². The van der Waals surface area contributed by atoms with Gasteiger partial charge in [-0.3, -0.25) is 0 Å². The molecule has 3 aromatic rings. The van der Waals surface area contributed by atoms with Gasteiger partial charge < -0.3 is 19.0 Å². The summed E-state index contributed by atoms with van der Waals surface area (Å²) in [6.07, 6.45) is 3.88. The van der Waals surface area contributed by atoms with Crippen LogP contribution in [0.25, 0.3) is 5.57 Å². The van der Waals surface area contributed by atoms with Crippen LogP contribution >= 0.6 is 0 Å². The summed E-state index contributed by atoms with van der Waals surface area (Å²) in [6.45, 7) is 2.77. The average Bonchev–Trinajstić information content (AvgIpc) is 2.87. The third-order valence-electron chi connectivity index (χ3n) is 5.13. The molecule has 0 N–H and O–H groups in total. The van der Waals surface area contributed by atoms with Crippen molar-refractivity contribution in [3.8, 4) is 5.75 Å². The quantitative estimate of drug-likeness (QED) is 0.0969. The van der Waals surface area contributed by atoms with Gasteiger partial charge in [0, 0.05) is 6.42 Å². The molecule has 6 heteroatoms. The van der Waals surface area contributed by atoms with E-state index in [9.17, 15) is 4.79 Å². The van der Waals surface area contributed by atoms with Crippen molar-refractivity contribution in [1.82, 2.24) is 0 Å². The maximum absolute atomic E-state index is 12.2. The van der Waals surface area contributed by atoms with Crippen molar-refractivity contribution in [3.63, 3.8) is 0 Å². The van der Waals surface area contributed by atoms with Crippen molar-refractivity contribution in [2.45, 2.75) is 20.0 Å². The van der Waals surface area contributed by atoms with E-state index in [-0.39, 0.29) is 6.61 Å². The standard InChI is InChI=1S/C28H29NO5/c1-21-17-23(18-29-34-16-15-22-9-5-4-6-10-22)13-14-27(21)33-19-24-11-7-8-12-25(24)26(20-31-2)28(30)32-3/h4-14,17-18,20H,15-16,19H2,1-3H3/b26-20+,29-18+. The molecule has 0 amide bonds. The highest BCUT2D eigenvalue weighted by molar-refractivity contribution is 6.16. The van der Waals surface area contributed by atoms with Crippen LogP contribution in [0.15, 0.2) is 84.2 Å². The number of oxime groups is 1. The average molecular weight is 460 g/mol. The molecular formula is C28H29NO5. The van der Waals surface area contributed by atoms with E-state index >= 15 is 0 Å². The molecular weight excluding hydrogens is 430 g/mol. The Morgan fingerprint density at radius 1 is 0.971 bits per heavy atom. The van der Waals surface area contributed by atoms with Crippen molar-refractivity contribution in [2.75, 3.05) is 20.8 Å². The van der Waals surface area contributed by atoms with Crippen LogP contribution in [0.1, 0.15) is 27.8 Å². The first-order valence-electron chi connectivity index (χ1n) is 10.9. The Bertz CT molecular complexity index is 1140. The SMILES string of the molecule is CO/C=C(/C(=O)OC)c1ccccc1COc1ccc(/C=N/OCCc2ccccc2)cc1C. The lowest BCUT2D eigenvalue weighted by molar-refractivity contribution is -0.133. The summed E-state index contributed by atoms with van der Waals surface area (Å²) in [7, 11) is 2.83. The van der Waals surface area contributed by atoms with Gasteiger partial charge in [0.15, 0.2) is 0 Å². The lowest BCUT2D eigenvalue weighted by Crippen LogP contribution is -2.08. The molecule has 0 radical (unpaired) electrons. The molecule has 0 atom stereocenters. The Kier molecular flexibility index (Phi) is 9.29. The van der Waals surface area contributed by atoms with Gasteiger partial charge in [0.05, 0.1) is 26.7 Å². The predicted molar refractivity (Wildman–Crippen MR) is 133 cm³/mol. The summed E-state index contributed by atoms with van der Waals surface area (Å²) in [4.78, 5) is 17.6. The van der Waals surface area contributed by atoms with Gasteiger partial charge in [-0.2, -0.15) is 0 Å². The molecule has 0 saturated heterocycles. The van der Waals surface area contributed by atoms with E-state index in [1.165, 1.54) is 26.0 Å². The van der Waals surface area contributed by atoms with E-state index in [2.05, 4.69) is 17.3 Å². The van der Waals surface area contributed by atoms with Crippen LogP contribution in [0.2, 0.25) is 0 Å². The van der Waals surface area contributed by atoms with E-state index in [0.29, 0.717) is 17.7 Å². The fourth-order valence-corrected chi connectivity index (χ4v) is 3.39. The predicted octanol–water partition coefficient (Wildman–Crippen LogP) is 5.33. The number of methoxy groups -OCH3 is 2. The molecule has 6 nitrogen and oxygen atoms in total. The van der Waals surface area contributed by atoms with E-state index < -0.39 is 5.97 Å². The normalized spacial score (nSPS) is 11.3. The first kappa shape index (κ1) is 24.6. The van der Waals surface area contributed by atoms with Gasteiger partial charge in [0.2, 0.25) is 0 Å². The Hall–Kier alpha value is -4.06. The molecule has 0 fully saturated rings.